The van der Waals surface area contributed by atoms with Gasteiger partial charge in [-0.1, -0.05) is 105 Å². The number of hydrogen-bond acceptors (Lipinski definition) is 13. The number of alkyl halides is 3. The van der Waals surface area contributed by atoms with Crippen LogP contribution in [0.5, 0.6) is 5.75 Å². The van der Waals surface area contributed by atoms with Crippen molar-refractivity contribution >= 4 is 36.7 Å². The van der Waals surface area contributed by atoms with E-state index in [1.807, 2.05) is 92.7 Å². The maximum absolute atomic E-state index is 16.6. The third-order valence-corrected chi connectivity index (χ3v) is 13.7. The highest BCUT2D eigenvalue weighted by Crippen LogP contribution is 2.52. The van der Waals surface area contributed by atoms with Crippen LogP contribution in [-0.4, -0.2) is 56.8 Å². The maximum atomic E-state index is 16.6. The van der Waals surface area contributed by atoms with Crippen molar-refractivity contribution in [2.75, 3.05) is 25.3 Å². The molecule has 0 atom stereocenters. The molecule has 9 rings (SSSR count). The van der Waals surface area contributed by atoms with Gasteiger partial charge >= 0.3 is 26.1 Å². The van der Waals surface area contributed by atoms with Gasteiger partial charge in [0.25, 0.3) is 0 Å². The fourth-order valence-electron chi connectivity index (χ4n) is 8.65. The lowest BCUT2D eigenvalue weighted by atomic mass is 9.97. The highest BCUT2D eigenvalue weighted by molar-refractivity contribution is 7.48. The van der Waals surface area contributed by atoms with Crippen LogP contribution in [0.1, 0.15) is 68.8 Å². The number of fused-ring (bicyclic) bond motifs is 2. The van der Waals surface area contributed by atoms with Gasteiger partial charge < -0.3 is 19.1 Å². The number of benzene rings is 5. The first-order valence-corrected chi connectivity index (χ1v) is 25.0. The number of ether oxygens (including phenoxy) is 3. The molecular formula is C54H49F4N6O9P. The van der Waals surface area contributed by atoms with Gasteiger partial charge in [0.15, 0.2) is 11.6 Å². The molecule has 1 aliphatic rings. The zero-order valence-electron chi connectivity index (χ0n) is 40.4. The van der Waals surface area contributed by atoms with Gasteiger partial charge in [-0.3, -0.25) is 13.6 Å². The topological polar surface area (TPSA) is 158 Å². The van der Waals surface area contributed by atoms with Crippen molar-refractivity contribution in [3.8, 4) is 22.7 Å². The monoisotopic (exact) mass is 1030 g/mol. The Morgan fingerprint density at radius 1 is 0.757 bits per heavy atom. The summed E-state index contributed by atoms with van der Waals surface area (Å²) in [5.74, 6) is -1.84. The molecule has 1 aliphatic heterocycles. The minimum atomic E-state index is -4.62. The highest BCUT2D eigenvalue weighted by Gasteiger charge is 2.34. The molecule has 5 aromatic carbocycles. The van der Waals surface area contributed by atoms with E-state index in [-0.39, 0.29) is 49.1 Å². The second-order valence-electron chi connectivity index (χ2n) is 17.0. The fourth-order valence-corrected chi connectivity index (χ4v) is 9.80. The van der Waals surface area contributed by atoms with E-state index in [2.05, 4.69) is 9.97 Å². The Morgan fingerprint density at radius 3 is 1.92 bits per heavy atom. The van der Waals surface area contributed by atoms with Gasteiger partial charge in [-0.2, -0.15) is 18.3 Å². The summed E-state index contributed by atoms with van der Waals surface area (Å²) >= 11 is 0. The summed E-state index contributed by atoms with van der Waals surface area (Å²) in [5.41, 5.74) is 6.10. The average Bonchev–Trinajstić information content (AvgIpc) is 4.05. The van der Waals surface area contributed by atoms with E-state index in [0.717, 1.165) is 44.9 Å². The lowest BCUT2D eigenvalue weighted by Crippen LogP contribution is -2.31. The van der Waals surface area contributed by atoms with Crippen molar-refractivity contribution < 1.29 is 59.5 Å². The van der Waals surface area contributed by atoms with Crippen LogP contribution in [0.2, 0.25) is 0 Å². The molecule has 0 aliphatic carbocycles. The Morgan fingerprint density at radius 2 is 1.35 bits per heavy atom. The number of aromatic nitrogens is 5. The normalized spacial score (nSPS) is 12.7. The van der Waals surface area contributed by atoms with Crippen molar-refractivity contribution in [3.63, 3.8) is 0 Å². The van der Waals surface area contributed by atoms with E-state index in [1.165, 1.54) is 31.5 Å². The Kier molecular flexibility index (Phi) is 15.4. The van der Waals surface area contributed by atoms with Crippen molar-refractivity contribution in [2.45, 2.75) is 65.7 Å². The highest BCUT2D eigenvalue weighted by atomic mass is 31.2. The summed E-state index contributed by atoms with van der Waals surface area (Å²) in [6, 6.07) is 33.2. The second-order valence-corrected chi connectivity index (χ2v) is 18.7. The second kappa shape index (κ2) is 22.2. The Hall–Kier alpha value is -7.70. The smallest absolute Gasteiger partial charge is 0.475 e. The minimum Gasteiger partial charge on any atom is -0.492 e. The lowest BCUT2D eigenvalue weighted by molar-refractivity contribution is -0.138. The molecule has 0 radical (unpaired) electrons. The quantitative estimate of drug-likeness (QED) is 0.0346. The number of methoxy groups -OCH3 is 1. The van der Waals surface area contributed by atoms with E-state index in [9.17, 15) is 27.3 Å². The number of rotatable bonds is 18. The van der Waals surface area contributed by atoms with Crippen molar-refractivity contribution in [1.82, 2.24) is 24.3 Å². The zero-order chi connectivity index (χ0) is 52.0. The molecule has 0 bridgehead atoms. The largest absolute Gasteiger partial charge is 0.492 e. The molecular weight excluding hydrogens is 984 g/mol. The number of carbonyl (C=O) groups is 2. The van der Waals surface area contributed by atoms with E-state index < -0.39 is 44.2 Å². The Bertz CT molecular complexity index is 3270. The summed E-state index contributed by atoms with van der Waals surface area (Å²) in [6.45, 7) is 3.44. The average molecular weight is 1030 g/mol. The summed E-state index contributed by atoms with van der Waals surface area (Å²) in [6.07, 6.45) is -1.14. The SMILES string of the molecule is CCc1cccc(CC)c1-n1nc2c(c1-c1cc(F)c(OC)c3c1ccn3C(=O)OCOC(=O)c1ccc(COP(=O)(OCc3ccccc3)OCc3ccccc3)cc1)CN(c1ncc(C(F)(F)F)cn1)CC2. The van der Waals surface area contributed by atoms with Crippen molar-refractivity contribution in [1.29, 1.82) is 0 Å². The molecule has 20 heteroatoms. The molecule has 74 heavy (non-hydrogen) atoms. The summed E-state index contributed by atoms with van der Waals surface area (Å²) in [4.78, 5) is 36.9. The molecule has 0 N–H and O–H groups in total. The Balaban J connectivity index is 0.936. The maximum Gasteiger partial charge on any atom is 0.475 e. The molecule has 15 nitrogen and oxygen atoms in total. The standard InChI is InChI=1S/C54H49F4N6O9P/c1-4-38-17-12-18-39(5-2)47(38)64-48(44-30-62(25-24-46(44)61-64)52-59-28-41(29-60-52)54(56,57)58)43-27-45(55)50(68-3)49-42(43)23-26-63(49)53(66)70-34-69-51(65)40-21-19-37(20-22-40)33-73-74(67,71-31-35-13-8-6-9-14-35)72-32-36-15-10-7-11-16-36/h6-23,26-29H,4-5,24-25,30-34H2,1-3H3. The molecule has 382 valence electrons. The first kappa shape index (κ1) is 51.2. The number of hydrogen-bond donors (Lipinski definition) is 0. The number of phosphoric ester groups is 1. The van der Waals surface area contributed by atoms with Crippen LogP contribution in [0.4, 0.5) is 28.3 Å². The molecule has 0 fully saturated rings. The summed E-state index contributed by atoms with van der Waals surface area (Å²) < 4.78 is 107. The Labute approximate surface area is 422 Å². The van der Waals surface area contributed by atoms with Gasteiger partial charge in [0.2, 0.25) is 12.7 Å². The van der Waals surface area contributed by atoms with Gasteiger partial charge in [-0.15, -0.1) is 0 Å². The minimum absolute atomic E-state index is 0.0110. The van der Waals surface area contributed by atoms with Crippen LogP contribution in [0.3, 0.4) is 0 Å². The first-order chi connectivity index (χ1) is 35.8. The predicted octanol–water partition coefficient (Wildman–Crippen LogP) is 12.0. The van der Waals surface area contributed by atoms with E-state index >= 15 is 4.39 Å². The third-order valence-electron chi connectivity index (χ3n) is 12.4. The molecule has 0 spiro atoms. The van der Waals surface area contributed by atoms with E-state index in [1.54, 1.807) is 27.8 Å². The number of nitrogens with zero attached hydrogens (tertiary/aromatic N) is 6. The fraction of sp³-hybridized carbons (Fsp3) is 0.241. The van der Waals surface area contributed by atoms with Crippen LogP contribution in [0, 0.1) is 5.82 Å². The summed E-state index contributed by atoms with van der Waals surface area (Å²) in [7, 11) is -2.82. The lowest BCUT2D eigenvalue weighted by Gasteiger charge is -2.27. The predicted molar refractivity (Wildman–Crippen MR) is 265 cm³/mol. The van der Waals surface area contributed by atoms with Crippen LogP contribution in [0.25, 0.3) is 27.8 Å². The number of anilines is 1. The van der Waals surface area contributed by atoms with Crippen LogP contribution in [0.15, 0.2) is 134 Å². The van der Waals surface area contributed by atoms with E-state index in [4.69, 9.17) is 32.9 Å². The molecule has 0 unspecified atom stereocenters. The molecule has 8 aromatic rings. The van der Waals surface area contributed by atoms with Crippen molar-refractivity contribution in [2.24, 2.45) is 0 Å². The number of esters is 1. The number of halogens is 4. The van der Waals surface area contributed by atoms with Crippen LogP contribution in [-0.2, 0) is 79.4 Å². The first-order valence-electron chi connectivity index (χ1n) is 23.6. The van der Waals surface area contributed by atoms with Gasteiger partial charge in [-0.25, -0.2) is 37.8 Å². The number of carbonyl (C=O) groups excluding carboxylic acids is 2. The molecule has 0 saturated heterocycles. The van der Waals surface area contributed by atoms with Gasteiger partial charge in [0, 0.05) is 54.6 Å². The molecule has 4 heterocycles. The number of para-hydroxylation sites is 1. The molecule has 0 amide bonds. The van der Waals surface area contributed by atoms with Crippen molar-refractivity contribution in [3.05, 3.63) is 190 Å². The van der Waals surface area contributed by atoms with Gasteiger partial charge in [0.1, 0.15) is 5.52 Å². The van der Waals surface area contributed by atoms with Crippen LogP contribution >= 0.6 is 7.82 Å². The molecule has 3 aromatic heterocycles. The molecule has 0 saturated carbocycles. The van der Waals surface area contributed by atoms with E-state index in [0.29, 0.717) is 59.3 Å². The number of aryl methyl sites for hydroxylation is 2. The summed E-state index contributed by atoms with van der Waals surface area (Å²) in [5, 5.41) is 5.50. The van der Waals surface area contributed by atoms with Gasteiger partial charge in [0.05, 0.1) is 55.1 Å². The number of phosphoric acid groups is 1. The zero-order valence-corrected chi connectivity index (χ0v) is 41.3. The van der Waals surface area contributed by atoms with Gasteiger partial charge in [-0.05, 0) is 64.9 Å². The van der Waals surface area contributed by atoms with Crippen LogP contribution < -0.4 is 9.64 Å². The third kappa shape index (κ3) is 11.1.